The zero-order valence-corrected chi connectivity index (χ0v) is 18.7. The number of rotatable bonds is 7. The predicted octanol–water partition coefficient (Wildman–Crippen LogP) is 5.65. The van der Waals surface area contributed by atoms with E-state index in [0.29, 0.717) is 23.7 Å². The van der Waals surface area contributed by atoms with Gasteiger partial charge < -0.3 is 9.15 Å². The van der Waals surface area contributed by atoms with Gasteiger partial charge in [0.1, 0.15) is 23.0 Å². The number of hydrogen-bond donors (Lipinski definition) is 0. The third-order valence-electron chi connectivity index (χ3n) is 5.94. The summed E-state index contributed by atoms with van der Waals surface area (Å²) in [6.45, 7) is 2.76. The highest BCUT2D eigenvalue weighted by molar-refractivity contribution is 6.10. The van der Waals surface area contributed by atoms with E-state index in [1.165, 1.54) is 17.0 Å². The van der Waals surface area contributed by atoms with Crippen LogP contribution in [0.1, 0.15) is 53.9 Å². The van der Waals surface area contributed by atoms with Crippen molar-refractivity contribution < 1.29 is 18.3 Å². The monoisotopic (exact) mass is 458 g/mol. The van der Waals surface area contributed by atoms with Crippen LogP contribution in [-0.4, -0.2) is 17.5 Å². The Bertz CT molecular complexity index is 1400. The minimum absolute atomic E-state index is 0.0559. The quantitative estimate of drug-likeness (QED) is 0.335. The molecule has 0 bridgehead atoms. The first kappa shape index (κ1) is 21.8. The fourth-order valence-electron chi connectivity index (χ4n) is 4.28. The van der Waals surface area contributed by atoms with E-state index in [0.717, 1.165) is 25.3 Å². The molecule has 0 saturated carbocycles. The van der Waals surface area contributed by atoms with Crippen molar-refractivity contribution in [3.05, 3.63) is 99.8 Å². The molecule has 1 aliphatic heterocycles. The Morgan fingerprint density at radius 1 is 1.06 bits per heavy atom. The number of fused-ring (bicyclic) bond motifs is 2. The number of carbonyl (C=O) groups is 1. The van der Waals surface area contributed by atoms with E-state index in [-0.39, 0.29) is 22.3 Å². The van der Waals surface area contributed by atoms with Crippen LogP contribution in [0.3, 0.4) is 0 Å². The first-order valence-electron chi connectivity index (χ1n) is 11.3. The standard InChI is InChI=1S/C27H23FN2O4/c1-2-3-6-15-33-19-11-8-17(9-12-19)24-23-25(31)20-16-18(28)10-13-21(20)34-26(23)27(32)30(24)22-7-4-5-14-29-22/h4-5,7-14,16,24H,2-3,6,15H2,1H3. The molecule has 1 aliphatic rings. The maximum atomic E-state index is 13.9. The van der Waals surface area contributed by atoms with Crippen LogP contribution in [0, 0.1) is 5.82 Å². The van der Waals surface area contributed by atoms with Gasteiger partial charge >= 0.3 is 0 Å². The minimum Gasteiger partial charge on any atom is -0.494 e. The molecular formula is C27H23FN2O4. The Balaban J connectivity index is 1.62. The second-order valence-corrected chi connectivity index (χ2v) is 8.20. The number of aromatic nitrogens is 1. The minimum atomic E-state index is -0.768. The van der Waals surface area contributed by atoms with Gasteiger partial charge in [0, 0.05) is 6.20 Å². The second-order valence-electron chi connectivity index (χ2n) is 8.20. The molecule has 2 aromatic carbocycles. The van der Waals surface area contributed by atoms with Crippen LogP contribution in [0.15, 0.2) is 76.1 Å². The zero-order chi connectivity index (χ0) is 23.7. The van der Waals surface area contributed by atoms with Crippen molar-refractivity contribution in [2.24, 2.45) is 0 Å². The van der Waals surface area contributed by atoms with Gasteiger partial charge in [-0.2, -0.15) is 0 Å². The van der Waals surface area contributed by atoms with Crippen molar-refractivity contribution in [1.29, 1.82) is 0 Å². The van der Waals surface area contributed by atoms with Crippen LogP contribution >= 0.6 is 0 Å². The van der Waals surface area contributed by atoms with Gasteiger partial charge in [0.2, 0.25) is 5.76 Å². The van der Waals surface area contributed by atoms with Crippen LogP contribution in [-0.2, 0) is 0 Å². The molecule has 0 fully saturated rings. The van der Waals surface area contributed by atoms with Gasteiger partial charge in [0.05, 0.1) is 23.6 Å². The summed E-state index contributed by atoms with van der Waals surface area (Å²) in [7, 11) is 0. The maximum absolute atomic E-state index is 13.9. The summed E-state index contributed by atoms with van der Waals surface area (Å²) in [6.07, 6.45) is 4.77. The molecule has 1 unspecified atom stereocenters. The molecule has 0 aliphatic carbocycles. The van der Waals surface area contributed by atoms with E-state index in [9.17, 15) is 14.0 Å². The van der Waals surface area contributed by atoms with Crippen LogP contribution < -0.4 is 15.1 Å². The summed E-state index contributed by atoms with van der Waals surface area (Å²) in [5.41, 5.74) is 0.593. The molecule has 2 aromatic heterocycles. The fraction of sp³-hybridized carbons (Fsp3) is 0.222. The Kier molecular flexibility index (Phi) is 5.84. The second kappa shape index (κ2) is 9.09. The summed E-state index contributed by atoms with van der Waals surface area (Å²) in [4.78, 5) is 32.7. The number of unbranched alkanes of at least 4 members (excludes halogenated alkanes) is 2. The molecule has 34 heavy (non-hydrogen) atoms. The number of halogens is 1. The molecule has 5 rings (SSSR count). The van der Waals surface area contributed by atoms with E-state index >= 15 is 0 Å². The lowest BCUT2D eigenvalue weighted by molar-refractivity contribution is 0.0970. The average molecular weight is 458 g/mol. The molecule has 0 N–H and O–H groups in total. The molecule has 4 aromatic rings. The highest BCUT2D eigenvalue weighted by Crippen LogP contribution is 2.40. The van der Waals surface area contributed by atoms with Crippen LogP contribution in [0.25, 0.3) is 11.0 Å². The van der Waals surface area contributed by atoms with Gasteiger partial charge in [-0.15, -0.1) is 0 Å². The van der Waals surface area contributed by atoms with Crippen molar-refractivity contribution in [2.75, 3.05) is 11.5 Å². The molecular weight excluding hydrogens is 435 g/mol. The largest absolute Gasteiger partial charge is 0.494 e. The lowest BCUT2D eigenvalue weighted by Crippen LogP contribution is -2.30. The molecule has 1 amide bonds. The predicted molar refractivity (Wildman–Crippen MR) is 127 cm³/mol. The molecule has 6 nitrogen and oxygen atoms in total. The first-order chi connectivity index (χ1) is 16.6. The van der Waals surface area contributed by atoms with E-state index in [1.807, 2.05) is 24.3 Å². The van der Waals surface area contributed by atoms with E-state index in [1.54, 1.807) is 24.4 Å². The van der Waals surface area contributed by atoms with Gasteiger partial charge in [-0.3, -0.25) is 14.5 Å². The van der Waals surface area contributed by atoms with Crippen molar-refractivity contribution in [2.45, 2.75) is 32.2 Å². The van der Waals surface area contributed by atoms with Crippen molar-refractivity contribution in [3.8, 4) is 5.75 Å². The molecule has 0 saturated heterocycles. The molecule has 0 spiro atoms. The van der Waals surface area contributed by atoms with E-state index < -0.39 is 23.2 Å². The van der Waals surface area contributed by atoms with Gasteiger partial charge in [0.15, 0.2) is 5.43 Å². The number of hydrogen-bond acceptors (Lipinski definition) is 5. The lowest BCUT2D eigenvalue weighted by atomic mass is 9.98. The van der Waals surface area contributed by atoms with E-state index in [4.69, 9.17) is 9.15 Å². The van der Waals surface area contributed by atoms with Gasteiger partial charge in [-0.1, -0.05) is 38.0 Å². The fourth-order valence-corrected chi connectivity index (χ4v) is 4.28. The summed E-state index contributed by atoms with van der Waals surface area (Å²) in [5, 5.41) is 0.0929. The highest BCUT2D eigenvalue weighted by atomic mass is 19.1. The number of nitrogens with zero attached hydrogens (tertiary/aromatic N) is 2. The van der Waals surface area contributed by atoms with Crippen LogP contribution in [0.4, 0.5) is 10.2 Å². The summed E-state index contributed by atoms with van der Waals surface area (Å²) in [5.74, 6) is 0.0215. The Morgan fingerprint density at radius 2 is 1.88 bits per heavy atom. The third kappa shape index (κ3) is 3.83. The number of anilines is 1. The third-order valence-corrected chi connectivity index (χ3v) is 5.94. The number of ether oxygens (including phenoxy) is 1. The number of amides is 1. The summed E-state index contributed by atoms with van der Waals surface area (Å²) >= 11 is 0. The zero-order valence-electron chi connectivity index (χ0n) is 18.7. The normalized spacial score (nSPS) is 15.1. The number of benzene rings is 2. The smallest absolute Gasteiger partial charge is 0.296 e. The summed E-state index contributed by atoms with van der Waals surface area (Å²) in [6, 6.07) is 15.4. The molecule has 0 radical (unpaired) electrons. The number of pyridine rings is 1. The average Bonchev–Trinajstić information content (AvgIpc) is 3.16. The van der Waals surface area contributed by atoms with E-state index in [2.05, 4.69) is 11.9 Å². The first-order valence-corrected chi connectivity index (χ1v) is 11.3. The highest BCUT2D eigenvalue weighted by Gasteiger charge is 2.44. The van der Waals surface area contributed by atoms with Crippen LogP contribution in [0.5, 0.6) is 5.75 Å². The molecule has 1 atom stereocenters. The van der Waals surface area contributed by atoms with Crippen molar-refractivity contribution in [1.82, 2.24) is 4.98 Å². The lowest BCUT2D eigenvalue weighted by Gasteiger charge is -2.24. The van der Waals surface area contributed by atoms with Gasteiger partial charge in [-0.05, 0) is 54.4 Å². The Hall–Kier alpha value is -4.00. The molecule has 7 heteroatoms. The maximum Gasteiger partial charge on any atom is 0.296 e. The molecule has 3 heterocycles. The topological polar surface area (TPSA) is 72.6 Å². The van der Waals surface area contributed by atoms with Gasteiger partial charge in [-0.25, -0.2) is 9.37 Å². The summed E-state index contributed by atoms with van der Waals surface area (Å²) < 4.78 is 25.6. The van der Waals surface area contributed by atoms with Crippen LogP contribution in [0.2, 0.25) is 0 Å². The Morgan fingerprint density at radius 3 is 2.62 bits per heavy atom. The van der Waals surface area contributed by atoms with Crippen molar-refractivity contribution in [3.63, 3.8) is 0 Å². The SMILES string of the molecule is CCCCCOc1ccc(C2c3c(oc4ccc(F)cc4c3=O)C(=O)N2c2ccccn2)cc1. The Labute approximate surface area is 195 Å². The number of carbonyl (C=O) groups excluding carboxylic acids is 1. The van der Waals surface area contributed by atoms with Gasteiger partial charge in [0.25, 0.3) is 5.91 Å². The van der Waals surface area contributed by atoms with Crippen molar-refractivity contribution >= 4 is 22.7 Å². The molecule has 172 valence electrons.